The van der Waals surface area contributed by atoms with E-state index in [2.05, 4.69) is 10.3 Å². The summed E-state index contributed by atoms with van der Waals surface area (Å²) in [7, 11) is 0. The molecule has 2 aliphatic heterocycles. The highest BCUT2D eigenvalue weighted by molar-refractivity contribution is 8.14. The molecule has 3 atom stereocenters. The van der Waals surface area contributed by atoms with Crippen LogP contribution >= 0.6 is 34.9 Å². The molecule has 2 aromatic rings. The zero-order chi connectivity index (χ0) is 22.8. The molecule has 4 heterocycles. The molecule has 9 nitrogen and oxygen atoms in total. The van der Waals surface area contributed by atoms with Crippen molar-refractivity contribution in [2.24, 2.45) is 0 Å². The monoisotopic (exact) mass is 509 g/mol. The number of amides is 2. The predicted molar refractivity (Wildman–Crippen MR) is 120 cm³/mol. The average Bonchev–Trinajstić information content (AvgIpc) is 3.32. The van der Waals surface area contributed by atoms with Crippen LogP contribution in [0.25, 0.3) is 0 Å². The van der Waals surface area contributed by atoms with Crippen LogP contribution in [0.5, 0.6) is 0 Å². The fourth-order valence-corrected chi connectivity index (χ4v) is 7.26. The molecule has 0 aliphatic carbocycles. The zero-order valence-electron chi connectivity index (χ0n) is 16.1. The summed E-state index contributed by atoms with van der Waals surface area (Å²) in [5.41, 5.74) is -0.338. The number of pyridine rings is 1. The lowest BCUT2D eigenvalue weighted by Gasteiger charge is -2.49. The third kappa shape index (κ3) is 4.57. The van der Waals surface area contributed by atoms with Gasteiger partial charge in [0.25, 0.3) is 11.8 Å². The number of aromatic nitrogens is 1. The van der Waals surface area contributed by atoms with E-state index < -0.39 is 45.5 Å². The first-order valence-corrected chi connectivity index (χ1v) is 13.2. The van der Waals surface area contributed by atoms with Crippen molar-refractivity contribution in [2.75, 3.05) is 11.5 Å². The van der Waals surface area contributed by atoms with E-state index >= 15 is 0 Å². The van der Waals surface area contributed by atoms with E-state index in [0.717, 1.165) is 16.7 Å². The second-order valence-corrected chi connectivity index (χ2v) is 11.4. The van der Waals surface area contributed by atoms with Crippen LogP contribution in [0.1, 0.15) is 0 Å². The molecule has 2 aliphatic rings. The fourth-order valence-electron chi connectivity index (χ4n) is 3.15. The van der Waals surface area contributed by atoms with Crippen molar-refractivity contribution in [3.63, 3.8) is 0 Å². The van der Waals surface area contributed by atoms with Crippen molar-refractivity contribution in [1.82, 2.24) is 15.2 Å². The summed E-state index contributed by atoms with van der Waals surface area (Å²) >= 11 is 1.81. The van der Waals surface area contributed by atoms with Gasteiger partial charge in [-0.2, -0.15) is 0 Å². The molecule has 2 unspecified atom stereocenters. The first-order valence-electron chi connectivity index (χ1n) is 9.11. The number of aliphatic carboxylic acids is 1. The second kappa shape index (κ2) is 9.67. The summed E-state index contributed by atoms with van der Waals surface area (Å²) in [6, 6.07) is 5.71. The number of rotatable bonds is 7. The number of carboxylic acid groups (broad SMARTS) is 1. The van der Waals surface area contributed by atoms with Gasteiger partial charge in [0.2, 0.25) is 9.32 Å². The van der Waals surface area contributed by atoms with Crippen LogP contribution in [0.3, 0.4) is 0 Å². The number of hydrogen-bond acceptors (Lipinski definition) is 9. The summed E-state index contributed by atoms with van der Waals surface area (Å²) < 4.78 is 12.8. The number of nitrogens with zero attached hydrogens (tertiary/aromatic N) is 2. The van der Waals surface area contributed by atoms with E-state index in [1.807, 2.05) is 0 Å². The third-order valence-corrected chi connectivity index (χ3v) is 9.41. The topological polar surface area (TPSA) is 140 Å². The van der Waals surface area contributed by atoms with Gasteiger partial charge in [-0.15, -0.1) is 11.8 Å². The number of carboxylic acids is 1. The fraction of sp³-hybridized carbons (Fsp3) is 0.211. The Balaban J connectivity index is 1.45. The summed E-state index contributed by atoms with van der Waals surface area (Å²) in [6.45, 7) is 0. The molecule has 13 heteroatoms. The molecule has 1 fully saturated rings. The number of thioether (sulfide) groups is 2. The molecule has 0 bridgehead atoms. The van der Waals surface area contributed by atoms with Crippen LogP contribution in [0.4, 0.5) is 0 Å². The maximum Gasteiger partial charge on any atom is 0.353 e. The highest BCUT2D eigenvalue weighted by Gasteiger charge is 2.55. The van der Waals surface area contributed by atoms with Crippen LogP contribution in [-0.2, 0) is 30.4 Å². The molecule has 4 rings (SSSR count). The highest BCUT2D eigenvalue weighted by Crippen LogP contribution is 2.42. The summed E-state index contributed by atoms with van der Waals surface area (Å²) in [6.07, 6.45) is 3.04. The van der Waals surface area contributed by atoms with Crippen LogP contribution in [0, 0.1) is 0 Å². The molecule has 2 aromatic heterocycles. The zero-order valence-corrected chi connectivity index (χ0v) is 19.4. The number of thiophene rings is 1. The van der Waals surface area contributed by atoms with Gasteiger partial charge in [0.1, 0.15) is 17.1 Å². The maximum absolute atomic E-state index is 12.7. The Hall–Kier alpha value is -2.32. The minimum absolute atomic E-state index is 0.0255. The SMILES string of the molecule is O=C(C[S+]([O-])c1cccs1)NC1C(=O)N2C(C(=O)O)=C(C(=O)Sc3ccncc3)CS[C@@H]12. The normalized spacial score (nSPS) is 20.9. The molecule has 166 valence electrons. The number of nitrogens with one attached hydrogen (secondary N) is 1. The van der Waals surface area contributed by atoms with Gasteiger partial charge in [0.05, 0.1) is 0 Å². The van der Waals surface area contributed by atoms with E-state index in [-0.39, 0.29) is 22.8 Å². The van der Waals surface area contributed by atoms with E-state index in [9.17, 15) is 28.8 Å². The Labute approximate surface area is 197 Å². The van der Waals surface area contributed by atoms with Gasteiger partial charge >= 0.3 is 5.97 Å². The Morgan fingerprint density at radius 1 is 1.31 bits per heavy atom. The largest absolute Gasteiger partial charge is 0.610 e. The average molecular weight is 510 g/mol. The first kappa shape index (κ1) is 22.9. The quantitative estimate of drug-likeness (QED) is 0.321. The lowest BCUT2D eigenvalue weighted by molar-refractivity contribution is -0.150. The highest BCUT2D eigenvalue weighted by atomic mass is 32.2. The van der Waals surface area contributed by atoms with Crippen molar-refractivity contribution >= 4 is 68.9 Å². The molecule has 2 N–H and O–H groups in total. The van der Waals surface area contributed by atoms with Gasteiger partial charge in [0, 0.05) is 45.9 Å². The number of fused-ring (bicyclic) bond motifs is 1. The lowest BCUT2D eigenvalue weighted by atomic mass is 10.0. The number of carbonyl (C=O) groups excluding carboxylic acids is 3. The Bertz CT molecular complexity index is 1090. The van der Waals surface area contributed by atoms with Gasteiger partial charge in [0.15, 0.2) is 5.75 Å². The van der Waals surface area contributed by atoms with Gasteiger partial charge in [-0.05, 0) is 35.3 Å². The van der Waals surface area contributed by atoms with E-state index in [1.165, 1.54) is 35.5 Å². The molecule has 1 saturated heterocycles. The lowest BCUT2D eigenvalue weighted by Crippen LogP contribution is -2.71. The van der Waals surface area contributed by atoms with E-state index in [4.69, 9.17) is 0 Å². The smallest absolute Gasteiger partial charge is 0.353 e. The van der Waals surface area contributed by atoms with Crippen molar-refractivity contribution in [1.29, 1.82) is 0 Å². The van der Waals surface area contributed by atoms with E-state index in [0.29, 0.717) is 9.10 Å². The Morgan fingerprint density at radius 2 is 2.06 bits per heavy atom. The molecule has 32 heavy (non-hydrogen) atoms. The molecule has 2 amide bonds. The number of β-lactam (4-membered cyclic amide) rings is 1. The molecular formula is C19H15N3O6S4. The summed E-state index contributed by atoms with van der Waals surface area (Å²) in [5.74, 6) is -2.78. The maximum atomic E-state index is 12.7. The van der Waals surface area contributed by atoms with Gasteiger partial charge in [-0.1, -0.05) is 11.3 Å². The van der Waals surface area contributed by atoms with Crippen molar-refractivity contribution in [3.8, 4) is 0 Å². The van der Waals surface area contributed by atoms with E-state index in [1.54, 1.807) is 29.6 Å². The predicted octanol–water partition coefficient (Wildman–Crippen LogP) is 1.31. The molecular weight excluding hydrogens is 494 g/mol. The molecule has 0 saturated carbocycles. The minimum Gasteiger partial charge on any atom is -0.610 e. The molecule has 0 aromatic carbocycles. The molecule has 0 radical (unpaired) electrons. The van der Waals surface area contributed by atoms with Gasteiger partial charge in [-0.25, -0.2) is 4.79 Å². The van der Waals surface area contributed by atoms with Crippen molar-refractivity contribution in [2.45, 2.75) is 20.5 Å². The van der Waals surface area contributed by atoms with Gasteiger partial charge in [-0.3, -0.25) is 24.3 Å². The molecule has 0 spiro atoms. The summed E-state index contributed by atoms with van der Waals surface area (Å²) in [4.78, 5) is 55.1. The van der Waals surface area contributed by atoms with Crippen LogP contribution in [0.15, 0.2) is 62.4 Å². The van der Waals surface area contributed by atoms with Crippen molar-refractivity contribution < 1.29 is 28.8 Å². The van der Waals surface area contributed by atoms with Crippen LogP contribution < -0.4 is 5.32 Å². The summed E-state index contributed by atoms with van der Waals surface area (Å²) in [5, 5.41) is 12.9. The Morgan fingerprint density at radius 3 is 2.72 bits per heavy atom. The second-order valence-electron chi connectivity index (χ2n) is 6.58. The van der Waals surface area contributed by atoms with Crippen molar-refractivity contribution in [3.05, 3.63) is 53.3 Å². The number of carbonyl (C=O) groups is 4. The van der Waals surface area contributed by atoms with Crippen LogP contribution in [0.2, 0.25) is 0 Å². The van der Waals surface area contributed by atoms with Gasteiger partial charge < -0.3 is 15.0 Å². The third-order valence-electron chi connectivity index (χ3n) is 4.58. The number of hydrogen-bond donors (Lipinski definition) is 2. The minimum atomic E-state index is -1.52. The standard InChI is InChI=1S/C19H15N3O6S4/c23-12(9-32(28)13-2-1-7-29-13)21-14-16(24)22-15(18(25)26)11(8-30-17(14)22)19(27)31-10-3-5-20-6-4-10/h1-7,14,17H,8-9H2,(H,21,23)(H,25,26)/t14?,17-,32?/m0/s1. The first-order chi connectivity index (χ1) is 15.4. The Kier molecular flexibility index (Phi) is 6.90. The van der Waals surface area contributed by atoms with Crippen LogP contribution in [-0.4, -0.2) is 65.4 Å².